The summed E-state index contributed by atoms with van der Waals surface area (Å²) in [5.74, 6) is 1.61. The molecule has 0 bridgehead atoms. The van der Waals surface area contributed by atoms with Gasteiger partial charge in [0.05, 0.1) is 19.3 Å². The van der Waals surface area contributed by atoms with Gasteiger partial charge in [0, 0.05) is 4.91 Å². The third-order valence-electron chi connectivity index (χ3n) is 3.53. The number of ether oxygens (including phenoxy) is 1. The fourth-order valence-electron chi connectivity index (χ4n) is 2.75. The molecule has 4 nitrogen and oxygen atoms in total. The molecule has 2 aliphatic rings. The van der Waals surface area contributed by atoms with Crippen LogP contribution >= 0.6 is 0 Å². The fraction of sp³-hybridized carbons (Fsp3) is 1.00. The lowest BCUT2D eigenvalue weighted by molar-refractivity contribution is 0.108. The first-order chi connectivity index (χ1) is 6.90. The SMILES string of the molecule is [N-]=[N+]=NCC1CC(C2CCCC2)CO1. The maximum atomic E-state index is 8.21. The van der Waals surface area contributed by atoms with Crippen molar-refractivity contribution in [3.05, 3.63) is 10.4 Å². The zero-order valence-corrected chi connectivity index (χ0v) is 8.43. The third-order valence-corrected chi connectivity index (χ3v) is 3.53. The molecule has 2 rings (SSSR count). The number of hydrogen-bond acceptors (Lipinski definition) is 2. The van der Waals surface area contributed by atoms with Crippen LogP contribution in [0.5, 0.6) is 0 Å². The highest BCUT2D eigenvalue weighted by Crippen LogP contribution is 2.37. The van der Waals surface area contributed by atoms with Gasteiger partial charge in [0.2, 0.25) is 0 Å². The van der Waals surface area contributed by atoms with Gasteiger partial charge in [0.25, 0.3) is 0 Å². The first-order valence-electron chi connectivity index (χ1n) is 5.52. The van der Waals surface area contributed by atoms with Crippen LogP contribution in [0.1, 0.15) is 32.1 Å². The summed E-state index contributed by atoms with van der Waals surface area (Å²) in [6.07, 6.45) is 6.83. The van der Waals surface area contributed by atoms with Gasteiger partial charge in [-0.3, -0.25) is 0 Å². The summed E-state index contributed by atoms with van der Waals surface area (Å²) in [5, 5.41) is 3.57. The lowest BCUT2D eigenvalue weighted by atomic mass is 9.89. The van der Waals surface area contributed by atoms with Crippen LogP contribution in [0.15, 0.2) is 5.11 Å². The van der Waals surface area contributed by atoms with Crippen molar-refractivity contribution in [1.82, 2.24) is 0 Å². The second-order valence-corrected chi connectivity index (χ2v) is 4.41. The molecule has 2 unspecified atom stereocenters. The smallest absolute Gasteiger partial charge is 0.0635 e. The number of hydrogen-bond donors (Lipinski definition) is 0. The Balaban J connectivity index is 1.78. The summed E-state index contributed by atoms with van der Waals surface area (Å²) in [6, 6.07) is 0. The molecule has 0 N–H and O–H groups in total. The molecule has 1 saturated carbocycles. The van der Waals surface area contributed by atoms with E-state index in [1.165, 1.54) is 25.7 Å². The zero-order valence-electron chi connectivity index (χ0n) is 8.43. The van der Waals surface area contributed by atoms with Gasteiger partial charge in [-0.1, -0.05) is 30.8 Å². The minimum Gasteiger partial charge on any atom is -0.378 e. The van der Waals surface area contributed by atoms with Crippen LogP contribution in [-0.2, 0) is 4.74 Å². The molecule has 1 aliphatic heterocycles. The average molecular weight is 195 g/mol. The quantitative estimate of drug-likeness (QED) is 0.388. The third kappa shape index (κ3) is 2.20. The Morgan fingerprint density at radius 3 is 2.79 bits per heavy atom. The predicted octanol–water partition coefficient (Wildman–Crippen LogP) is 2.89. The van der Waals surface area contributed by atoms with Gasteiger partial charge in [-0.15, -0.1) is 0 Å². The van der Waals surface area contributed by atoms with E-state index in [0.717, 1.165) is 24.9 Å². The van der Waals surface area contributed by atoms with E-state index in [-0.39, 0.29) is 6.10 Å². The molecule has 78 valence electrons. The molecule has 1 heterocycles. The molecule has 0 aromatic heterocycles. The van der Waals surface area contributed by atoms with Crippen molar-refractivity contribution in [2.75, 3.05) is 13.2 Å². The van der Waals surface area contributed by atoms with Gasteiger partial charge in [0.1, 0.15) is 0 Å². The van der Waals surface area contributed by atoms with Crippen LogP contribution < -0.4 is 0 Å². The standard InChI is InChI=1S/C10H17N3O/c11-13-12-6-10-5-9(7-14-10)8-3-1-2-4-8/h8-10H,1-7H2. The second kappa shape index (κ2) is 4.67. The first-order valence-corrected chi connectivity index (χ1v) is 5.52. The molecule has 0 aromatic carbocycles. The summed E-state index contributed by atoms with van der Waals surface area (Å²) in [7, 11) is 0. The fourth-order valence-corrected chi connectivity index (χ4v) is 2.75. The summed E-state index contributed by atoms with van der Waals surface area (Å²) in [5.41, 5.74) is 8.21. The predicted molar refractivity (Wildman–Crippen MR) is 53.8 cm³/mol. The molecule has 2 fully saturated rings. The lowest BCUT2D eigenvalue weighted by Gasteiger charge is -2.15. The average Bonchev–Trinajstić information content (AvgIpc) is 2.85. The van der Waals surface area contributed by atoms with E-state index in [0.29, 0.717) is 6.54 Å². The van der Waals surface area contributed by atoms with Crippen molar-refractivity contribution in [2.24, 2.45) is 17.0 Å². The Hall–Kier alpha value is -0.730. The summed E-state index contributed by atoms with van der Waals surface area (Å²) in [6.45, 7) is 1.40. The van der Waals surface area contributed by atoms with E-state index in [1.54, 1.807) is 0 Å². The van der Waals surface area contributed by atoms with E-state index in [1.807, 2.05) is 0 Å². The zero-order chi connectivity index (χ0) is 9.80. The van der Waals surface area contributed by atoms with E-state index >= 15 is 0 Å². The molecule has 1 aliphatic carbocycles. The van der Waals surface area contributed by atoms with Crippen LogP contribution in [0, 0.1) is 11.8 Å². The van der Waals surface area contributed by atoms with Crippen molar-refractivity contribution in [2.45, 2.75) is 38.2 Å². The maximum Gasteiger partial charge on any atom is 0.0635 e. The minimum absolute atomic E-state index is 0.191. The van der Waals surface area contributed by atoms with Crippen molar-refractivity contribution >= 4 is 0 Å². The van der Waals surface area contributed by atoms with E-state index < -0.39 is 0 Å². The highest BCUT2D eigenvalue weighted by molar-refractivity contribution is 4.83. The Morgan fingerprint density at radius 1 is 1.29 bits per heavy atom. The summed E-state index contributed by atoms with van der Waals surface area (Å²) < 4.78 is 5.62. The lowest BCUT2D eigenvalue weighted by Crippen LogP contribution is -2.12. The molecule has 2 atom stereocenters. The van der Waals surface area contributed by atoms with E-state index in [4.69, 9.17) is 10.3 Å². The number of rotatable bonds is 3. The molecule has 1 saturated heterocycles. The van der Waals surface area contributed by atoms with Crippen molar-refractivity contribution in [1.29, 1.82) is 0 Å². The van der Waals surface area contributed by atoms with E-state index in [9.17, 15) is 0 Å². The highest BCUT2D eigenvalue weighted by Gasteiger charge is 2.32. The van der Waals surface area contributed by atoms with Gasteiger partial charge < -0.3 is 4.74 Å². The second-order valence-electron chi connectivity index (χ2n) is 4.41. The Labute approximate surface area is 84.3 Å². The molecule has 14 heavy (non-hydrogen) atoms. The Kier molecular flexibility index (Phi) is 3.27. The van der Waals surface area contributed by atoms with Crippen LogP contribution in [-0.4, -0.2) is 19.3 Å². The van der Waals surface area contributed by atoms with Crippen molar-refractivity contribution < 1.29 is 4.74 Å². The van der Waals surface area contributed by atoms with Crippen LogP contribution in [0.3, 0.4) is 0 Å². The molecule has 0 radical (unpaired) electrons. The minimum atomic E-state index is 0.191. The molecule has 0 spiro atoms. The Morgan fingerprint density at radius 2 is 2.07 bits per heavy atom. The van der Waals surface area contributed by atoms with Crippen molar-refractivity contribution in [3.63, 3.8) is 0 Å². The number of azide groups is 1. The van der Waals surface area contributed by atoms with Gasteiger partial charge in [0.15, 0.2) is 0 Å². The molecule has 0 aromatic rings. The van der Waals surface area contributed by atoms with Crippen LogP contribution in [0.25, 0.3) is 10.4 Å². The largest absolute Gasteiger partial charge is 0.378 e. The van der Waals surface area contributed by atoms with Gasteiger partial charge in [-0.05, 0) is 23.8 Å². The normalized spacial score (nSPS) is 33.1. The van der Waals surface area contributed by atoms with Crippen LogP contribution in [0.2, 0.25) is 0 Å². The van der Waals surface area contributed by atoms with Gasteiger partial charge in [-0.2, -0.15) is 0 Å². The molecule has 4 heteroatoms. The molecular weight excluding hydrogens is 178 g/mol. The highest BCUT2D eigenvalue weighted by atomic mass is 16.5. The van der Waals surface area contributed by atoms with Gasteiger partial charge >= 0.3 is 0 Å². The molecular formula is C10H17N3O. The topological polar surface area (TPSA) is 58.0 Å². The van der Waals surface area contributed by atoms with Crippen molar-refractivity contribution in [3.8, 4) is 0 Å². The number of nitrogens with zero attached hydrogens (tertiary/aromatic N) is 3. The van der Waals surface area contributed by atoms with Crippen LogP contribution in [0.4, 0.5) is 0 Å². The molecule has 0 amide bonds. The first kappa shape index (κ1) is 9.81. The van der Waals surface area contributed by atoms with E-state index in [2.05, 4.69) is 10.0 Å². The summed E-state index contributed by atoms with van der Waals surface area (Å²) in [4.78, 5) is 2.77. The Bertz CT molecular complexity index is 232. The summed E-state index contributed by atoms with van der Waals surface area (Å²) >= 11 is 0. The monoisotopic (exact) mass is 195 g/mol. The van der Waals surface area contributed by atoms with Gasteiger partial charge in [-0.25, -0.2) is 0 Å². The maximum absolute atomic E-state index is 8.21.